The van der Waals surface area contributed by atoms with Crippen molar-refractivity contribution < 1.29 is 14.3 Å². The van der Waals surface area contributed by atoms with Crippen LogP contribution in [-0.2, 0) is 9.53 Å². The van der Waals surface area contributed by atoms with Crippen LogP contribution in [0.4, 0.5) is 5.82 Å². The molecule has 1 aromatic carbocycles. The minimum Gasteiger partial charge on any atom is -0.461 e. The van der Waals surface area contributed by atoms with Crippen molar-refractivity contribution in [1.29, 1.82) is 0 Å². The normalized spacial score (nSPS) is 11.7. The van der Waals surface area contributed by atoms with Gasteiger partial charge in [0.25, 0.3) is 0 Å². The average Bonchev–Trinajstić information content (AvgIpc) is 2.96. The zero-order valence-corrected chi connectivity index (χ0v) is 11.9. The van der Waals surface area contributed by atoms with E-state index in [0.29, 0.717) is 5.82 Å². The second-order valence-corrected chi connectivity index (χ2v) is 4.51. The molecule has 0 spiro atoms. The van der Waals surface area contributed by atoms with E-state index in [4.69, 9.17) is 4.74 Å². The van der Waals surface area contributed by atoms with Crippen molar-refractivity contribution in [2.45, 2.75) is 19.8 Å². The number of hydrogen-bond donors (Lipinski definition) is 2. The van der Waals surface area contributed by atoms with Crippen LogP contribution in [-0.4, -0.2) is 28.7 Å². The molecule has 0 unspecified atom stereocenters. The highest BCUT2D eigenvalue weighted by atomic mass is 16.5. The van der Waals surface area contributed by atoms with Crippen LogP contribution in [0.2, 0.25) is 0 Å². The molecule has 0 fully saturated rings. The number of H-pyrrole nitrogens is 1. The van der Waals surface area contributed by atoms with Gasteiger partial charge in [0.2, 0.25) is 5.91 Å². The third-order valence-electron chi connectivity index (χ3n) is 3.02. The molecule has 0 aliphatic heterocycles. The minimum atomic E-state index is -0.499. The highest BCUT2D eigenvalue weighted by molar-refractivity contribution is 5.96. The predicted molar refractivity (Wildman–Crippen MR) is 78.0 cm³/mol. The first-order valence-corrected chi connectivity index (χ1v) is 6.70. The Kier molecular flexibility index (Phi) is 4.71. The lowest BCUT2D eigenvalue weighted by Gasteiger charge is -2.10. The minimum absolute atomic E-state index is 0.192. The Labute approximate surface area is 122 Å². The van der Waals surface area contributed by atoms with Crippen LogP contribution in [0.5, 0.6) is 0 Å². The molecule has 1 amide bonds. The predicted octanol–water partition coefficient (Wildman–Crippen LogP) is 2.33. The number of esters is 1. The van der Waals surface area contributed by atoms with Crippen molar-refractivity contribution in [3.8, 4) is 0 Å². The van der Waals surface area contributed by atoms with Gasteiger partial charge in [-0.25, -0.2) is 4.79 Å². The Hall–Kier alpha value is -2.63. The number of nitrogens with zero attached hydrogens (tertiary/aromatic N) is 1. The molecule has 6 heteroatoms. The summed E-state index contributed by atoms with van der Waals surface area (Å²) >= 11 is 0. The Morgan fingerprint density at radius 3 is 2.71 bits per heavy atom. The summed E-state index contributed by atoms with van der Waals surface area (Å²) in [6, 6.07) is 10.9. The Bertz CT molecular complexity index is 622. The molecule has 0 saturated heterocycles. The first kappa shape index (κ1) is 14.8. The van der Waals surface area contributed by atoms with Crippen LogP contribution in [0, 0.1) is 0 Å². The van der Waals surface area contributed by atoms with Gasteiger partial charge < -0.3 is 10.1 Å². The van der Waals surface area contributed by atoms with Gasteiger partial charge in [0.15, 0.2) is 5.82 Å². The topological polar surface area (TPSA) is 84.1 Å². The lowest BCUT2D eigenvalue weighted by atomic mass is 10.0. The van der Waals surface area contributed by atoms with Crippen molar-refractivity contribution in [1.82, 2.24) is 10.2 Å². The second-order valence-electron chi connectivity index (χ2n) is 4.51. The lowest BCUT2D eigenvalue weighted by Crippen LogP contribution is -2.19. The van der Waals surface area contributed by atoms with Crippen LogP contribution < -0.4 is 5.32 Å². The first-order valence-electron chi connectivity index (χ1n) is 6.70. The van der Waals surface area contributed by atoms with Gasteiger partial charge in [0.1, 0.15) is 5.69 Å². The van der Waals surface area contributed by atoms with Gasteiger partial charge in [0.05, 0.1) is 12.5 Å². The Morgan fingerprint density at radius 1 is 1.33 bits per heavy atom. The number of ether oxygens (including phenoxy) is 1. The van der Waals surface area contributed by atoms with Crippen LogP contribution in [0.1, 0.15) is 35.8 Å². The maximum atomic E-state index is 12.1. The van der Waals surface area contributed by atoms with Crippen molar-refractivity contribution in [2.24, 2.45) is 0 Å². The molecular formula is C15H17N3O3. The zero-order chi connectivity index (χ0) is 15.2. The largest absolute Gasteiger partial charge is 0.461 e. The number of aromatic amines is 1. The summed E-state index contributed by atoms with van der Waals surface area (Å²) in [5.74, 6) is -0.704. The summed E-state index contributed by atoms with van der Waals surface area (Å²) in [4.78, 5) is 23.6. The van der Waals surface area contributed by atoms with E-state index in [0.717, 1.165) is 5.56 Å². The molecule has 2 aromatic rings. The Balaban J connectivity index is 2.01. The maximum Gasteiger partial charge on any atom is 0.356 e. The highest BCUT2D eigenvalue weighted by Gasteiger charge is 2.17. The molecule has 2 N–H and O–H groups in total. The highest BCUT2D eigenvalue weighted by Crippen LogP contribution is 2.17. The van der Waals surface area contributed by atoms with Crippen molar-refractivity contribution in [3.63, 3.8) is 0 Å². The van der Waals surface area contributed by atoms with Gasteiger partial charge in [-0.3, -0.25) is 9.89 Å². The van der Waals surface area contributed by atoms with Gasteiger partial charge in [-0.15, -0.1) is 0 Å². The lowest BCUT2D eigenvalue weighted by molar-refractivity contribution is -0.117. The van der Waals surface area contributed by atoms with Gasteiger partial charge in [-0.2, -0.15) is 5.10 Å². The Morgan fingerprint density at radius 2 is 2.05 bits per heavy atom. The molecule has 0 bridgehead atoms. The molecule has 110 valence electrons. The van der Waals surface area contributed by atoms with Crippen molar-refractivity contribution in [3.05, 3.63) is 47.7 Å². The van der Waals surface area contributed by atoms with Crippen LogP contribution in [0.3, 0.4) is 0 Å². The van der Waals surface area contributed by atoms with Crippen LogP contribution in [0.15, 0.2) is 36.4 Å². The monoisotopic (exact) mass is 287 g/mol. The number of hydrogen-bond acceptors (Lipinski definition) is 4. The van der Waals surface area contributed by atoms with E-state index in [-0.39, 0.29) is 24.1 Å². The molecule has 0 radical (unpaired) electrons. The number of anilines is 1. The molecular weight excluding hydrogens is 270 g/mol. The molecule has 1 aromatic heterocycles. The molecule has 2 rings (SSSR count). The maximum absolute atomic E-state index is 12.1. The summed E-state index contributed by atoms with van der Waals surface area (Å²) < 4.78 is 4.84. The number of nitrogens with one attached hydrogen (secondary N) is 2. The van der Waals surface area contributed by atoms with Crippen molar-refractivity contribution in [2.75, 3.05) is 11.9 Å². The number of carbonyl (C=O) groups is 2. The average molecular weight is 287 g/mol. The summed E-state index contributed by atoms with van der Waals surface area (Å²) in [7, 11) is 0. The molecule has 0 saturated carbocycles. The number of aromatic nitrogens is 2. The number of carbonyl (C=O) groups excluding carboxylic acids is 2. The third kappa shape index (κ3) is 3.68. The molecule has 0 aliphatic rings. The fourth-order valence-corrected chi connectivity index (χ4v) is 1.83. The van der Waals surface area contributed by atoms with Gasteiger partial charge in [-0.1, -0.05) is 30.3 Å². The van der Waals surface area contributed by atoms with E-state index in [2.05, 4.69) is 15.5 Å². The smallest absolute Gasteiger partial charge is 0.356 e. The fourth-order valence-electron chi connectivity index (χ4n) is 1.83. The third-order valence-corrected chi connectivity index (χ3v) is 3.02. The van der Waals surface area contributed by atoms with E-state index in [1.54, 1.807) is 6.92 Å². The summed E-state index contributed by atoms with van der Waals surface area (Å²) in [5.41, 5.74) is 1.12. The molecule has 0 aliphatic carbocycles. The first-order chi connectivity index (χ1) is 10.1. The van der Waals surface area contributed by atoms with E-state index < -0.39 is 5.97 Å². The SMILES string of the molecule is CCOC(=O)c1cc(NC(=O)[C@@H](C)c2ccccc2)n[nH]1. The van der Waals surface area contributed by atoms with Crippen LogP contribution in [0.25, 0.3) is 0 Å². The number of benzene rings is 1. The standard InChI is InChI=1S/C15H17N3O3/c1-3-21-15(20)12-9-13(18-17-12)16-14(19)10(2)11-7-5-4-6-8-11/h4-10H,3H2,1-2H3,(H2,16,17,18,19)/t10-/m0/s1. The van der Waals surface area contributed by atoms with Gasteiger partial charge in [-0.05, 0) is 19.4 Å². The van der Waals surface area contributed by atoms with Gasteiger partial charge >= 0.3 is 5.97 Å². The molecule has 1 heterocycles. The molecule has 1 atom stereocenters. The summed E-state index contributed by atoms with van der Waals surface area (Å²) in [5, 5.41) is 9.08. The van der Waals surface area contributed by atoms with Crippen LogP contribution >= 0.6 is 0 Å². The van der Waals surface area contributed by atoms with E-state index in [1.807, 2.05) is 37.3 Å². The number of rotatable bonds is 5. The zero-order valence-electron chi connectivity index (χ0n) is 11.9. The van der Waals surface area contributed by atoms with Gasteiger partial charge in [0, 0.05) is 6.07 Å². The second kappa shape index (κ2) is 6.69. The quantitative estimate of drug-likeness (QED) is 0.827. The van der Waals surface area contributed by atoms with E-state index >= 15 is 0 Å². The van der Waals surface area contributed by atoms with E-state index in [1.165, 1.54) is 6.07 Å². The van der Waals surface area contributed by atoms with E-state index in [9.17, 15) is 9.59 Å². The van der Waals surface area contributed by atoms with Crippen molar-refractivity contribution >= 4 is 17.7 Å². The summed E-state index contributed by atoms with van der Waals surface area (Å²) in [6.07, 6.45) is 0. The number of amides is 1. The molecule has 6 nitrogen and oxygen atoms in total. The summed E-state index contributed by atoms with van der Waals surface area (Å²) in [6.45, 7) is 3.81. The fraction of sp³-hybridized carbons (Fsp3) is 0.267. The molecule has 21 heavy (non-hydrogen) atoms.